The van der Waals surface area contributed by atoms with Crippen molar-refractivity contribution >= 4 is 5.90 Å². The third kappa shape index (κ3) is 2.38. The van der Waals surface area contributed by atoms with E-state index in [-0.39, 0.29) is 0 Å². The quantitative estimate of drug-likeness (QED) is 0.589. The van der Waals surface area contributed by atoms with Gasteiger partial charge in [0.2, 0.25) is 0 Å². The molecule has 1 rings (SSSR count). The van der Waals surface area contributed by atoms with Crippen LogP contribution in [0.3, 0.4) is 0 Å². The second-order valence-corrected chi connectivity index (χ2v) is 2.58. The van der Waals surface area contributed by atoms with Crippen LogP contribution >= 0.6 is 0 Å². The highest BCUT2D eigenvalue weighted by Gasteiger charge is 2.03. The fourth-order valence-corrected chi connectivity index (χ4v) is 0.983. The fraction of sp³-hybridized carbons (Fsp3) is 0.875. The molecule has 0 radical (unpaired) electrons. The molecule has 0 saturated heterocycles. The zero-order valence-electron chi connectivity index (χ0n) is 6.60. The van der Waals surface area contributed by atoms with Crippen LogP contribution in [-0.4, -0.2) is 19.0 Å². The molecule has 0 bridgehead atoms. The van der Waals surface area contributed by atoms with Gasteiger partial charge in [0.15, 0.2) is 5.90 Å². The lowest BCUT2D eigenvalue weighted by Gasteiger charge is -2.12. The Morgan fingerprint density at radius 1 is 1.60 bits per heavy atom. The molecule has 58 valence electrons. The summed E-state index contributed by atoms with van der Waals surface area (Å²) in [4.78, 5) is 4.26. The Labute approximate surface area is 62.3 Å². The van der Waals surface area contributed by atoms with Crippen LogP contribution in [0.15, 0.2) is 4.99 Å². The average molecular weight is 141 g/mol. The van der Waals surface area contributed by atoms with E-state index in [1.807, 2.05) is 0 Å². The van der Waals surface area contributed by atoms with Crippen molar-refractivity contribution in [2.75, 3.05) is 13.2 Å². The lowest BCUT2D eigenvalue weighted by atomic mass is 10.2. The van der Waals surface area contributed by atoms with Gasteiger partial charge < -0.3 is 4.74 Å². The van der Waals surface area contributed by atoms with Crippen molar-refractivity contribution in [3.63, 3.8) is 0 Å². The molecule has 1 aliphatic rings. The molecule has 0 saturated carbocycles. The number of nitrogens with zero attached hydrogens (tertiary/aromatic N) is 1. The highest BCUT2D eigenvalue weighted by molar-refractivity contribution is 5.76. The first-order valence-electron chi connectivity index (χ1n) is 4.09. The summed E-state index contributed by atoms with van der Waals surface area (Å²) in [5.74, 6) is 0.980. The summed E-state index contributed by atoms with van der Waals surface area (Å²) in [7, 11) is 0. The maximum absolute atomic E-state index is 5.33. The van der Waals surface area contributed by atoms with Crippen molar-refractivity contribution < 1.29 is 4.74 Å². The molecule has 2 heteroatoms. The molecular weight excluding hydrogens is 126 g/mol. The van der Waals surface area contributed by atoms with Crippen LogP contribution in [-0.2, 0) is 4.74 Å². The van der Waals surface area contributed by atoms with Gasteiger partial charge in [-0.15, -0.1) is 0 Å². The average Bonchev–Trinajstić information content (AvgIpc) is 2.03. The van der Waals surface area contributed by atoms with Crippen LogP contribution in [0.5, 0.6) is 0 Å². The van der Waals surface area contributed by atoms with E-state index in [4.69, 9.17) is 4.74 Å². The fourth-order valence-electron chi connectivity index (χ4n) is 0.983. The highest BCUT2D eigenvalue weighted by atomic mass is 16.5. The zero-order chi connectivity index (χ0) is 7.23. The highest BCUT2D eigenvalue weighted by Crippen LogP contribution is 2.03. The molecule has 0 spiro atoms. The number of hydrogen-bond donors (Lipinski definition) is 0. The van der Waals surface area contributed by atoms with Gasteiger partial charge in [-0.3, -0.25) is 4.99 Å². The SMILES string of the molecule is CCCCC1=NCCCO1. The lowest BCUT2D eigenvalue weighted by molar-refractivity contribution is 0.273. The molecule has 1 heterocycles. The largest absolute Gasteiger partial charge is 0.481 e. The van der Waals surface area contributed by atoms with E-state index in [1.54, 1.807) is 0 Å². The van der Waals surface area contributed by atoms with E-state index in [9.17, 15) is 0 Å². The van der Waals surface area contributed by atoms with Crippen LogP contribution in [0.25, 0.3) is 0 Å². The maximum Gasteiger partial charge on any atom is 0.183 e. The lowest BCUT2D eigenvalue weighted by Crippen LogP contribution is -2.13. The minimum Gasteiger partial charge on any atom is -0.481 e. The van der Waals surface area contributed by atoms with E-state index >= 15 is 0 Å². The molecule has 1 aliphatic heterocycles. The van der Waals surface area contributed by atoms with Gasteiger partial charge in [0, 0.05) is 19.4 Å². The van der Waals surface area contributed by atoms with Crippen molar-refractivity contribution in [2.45, 2.75) is 32.6 Å². The summed E-state index contributed by atoms with van der Waals surface area (Å²) >= 11 is 0. The molecule has 0 fully saturated rings. The number of ether oxygens (including phenoxy) is 1. The number of aliphatic imine (C=N–C) groups is 1. The van der Waals surface area contributed by atoms with Crippen molar-refractivity contribution in [2.24, 2.45) is 4.99 Å². The third-order valence-electron chi connectivity index (χ3n) is 1.60. The Morgan fingerprint density at radius 2 is 2.50 bits per heavy atom. The number of hydrogen-bond acceptors (Lipinski definition) is 2. The minimum atomic E-state index is 0.878. The molecule has 0 aromatic rings. The molecule has 10 heavy (non-hydrogen) atoms. The first kappa shape index (κ1) is 7.58. The second-order valence-electron chi connectivity index (χ2n) is 2.58. The Hall–Kier alpha value is -0.530. The summed E-state index contributed by atoms with van der Waals surface area (Å²) in [5, 5.41) is 0. The Kier molecular flexibility index (Phi) is 3.27. The topological polar surface area (TPSA) is 21.6 Å². The Morgan fingerprint density at radius 3 is 3.10 bits per heavy atom. The molecule has 0 aliphatic carbocycles. The van der Waals surface area contributed by atoms with Gasteiger partial charge in [-0.05, 0) is 6.42 Å². The summed E-state index contributed by atoms with van der Waals surface area (Å²) in [5.41, 5.74) is 0. The van der Waals surface area contributed by atoms with Gasteiger partial charge in [0.25, 0.3) is 0 Å². The van der Waals surface area contributed by atoms with E-state index in [0.717, 1.165) is 31.9 Å². The zero-order valence-corrected chi connectivity index (χ0v) is 6.60. The Bertz CT molecular complexity index is 120. The van der Waals surface area contributed by atoms with Gasteiger partial charge in [0.05, 0.1) is 6.61 Å². The summed E-state index contributed by atoms with van der Waals surface area (Å²) in [6.45, 7) is 4.03. The number of rotatable bonds is 3. The minimum absolute atomic E-state index is 0.878. The molecule has 2 nitrogen and oxygen atoms in total. The maximum atomic E-state index is 5.33. The normalized spacial score (nSPS) is 17.9. The van der Waals surface area contributed by atoms with Crippen molar-refractivity contribution in [3.8, 4) is 0 Å². The van der Waals surface area contributed by atoms with Crippen LogP contribution in [0.4, 0.5) is 0 Å². The third-order valence-corrected chi connectivity index (χ3v) is 1.60. The molecule has 0 atom stereocenters. The number of unbranched alkanes of at least 4 members (excludes halogenated alkanes) is 1. The first-order chi connectivity index (χ1) is 4.93. The smallest absolute Gasteiger partial charge is 0.183 e. The first-order valence-corrected chi connectivity index (χ1v) is 4.09. The standard InChI is InChI=1S/C8H15NO/c1-2-3-5-8-9-6-4-7-10-8/h2-7H2,1H3. The van der Waals surface area contributed by atoms with Crippen LogP contribution < -0.4 is 0 Å². The summed E-state index contributed by atoms with van der Waals surface area (Å²) < 4.78 is 5.33. The molecular formula is C8H15NO. The van der Waals surface area contributed by atoms with E-state index < -0.39 is 0 Å². The van der Waals surface area contributed by atoms with Gasteiger partial charge >= 0.3 is 0 Å². The second kappa shape index (κ2) is 4.31. The van der Waals surface area contributed by atoms with Crippen molar-refractivity contribution in [3.05, 3.63) is 0 Å². The molecule has 0 aromatic carbocycles. The molecule has 0 amide bonds. The Balaban J connectivity index is 2.18. The predicted molar refractivity (Wildman–Crippen MR) is 42.4 cm³/mol. The van der Waals surface area contributed by atoms with Gasteiger partial charge in [-0.25, -0.2) is 0 Å². The monoisotopic (exact) mass is 141 g/mol. The van der Waals surface area contributed by atoms with Gasteiger partial charge in [-0.2, -0.15) is 0 Å². The van der Waals surface area contributed by atoms with Crippen molar-refractivity contribution in [1.29, 1.82) is 0 Å². The predicted octanol–water partition coefficient (Wildman–Crippen LogP) is 2.00. The molecule has 0 unspecified atom stereocenters. The summed E-state index contributed by atoms with van der Waals surface area (Å²) in [6, 6.07) is 0. The van der Waals surface area contributed by atoms with E-state index in [2.05, 4.69) is 11.9 Å². The van der Waals surface area contributed by atoms with Gasteiger partial charge in [-0.1, -0.05) is 13.3 Å². The van der Waals surface area contributed by atoms with Crippen LogP contribution in [0, 0.1) is 0 Å². The summed E-state index contributed by atoms with van der Waals surface area (Å²) in [6.07, 6.45) is 4.56. The van der Waals surface area contributed by atoms with E-state index in [0.29, 0.717) is 0 Å². The molecule has 0 N–H and O–H groups in total. The van der Waals surface area contributed by atoms with Gasteiger partial charge in [0.1, 0.15) is 0 Å². The van der Waals surface area contributed by atoms with Crippen molar-refractivity contribution in [1.82, 2.24) is 0 Å². The van der Waals surface area contributed by atoms with Crippen LogP contribution in [0.1, 0.15) is 32.6 Å². The molecule has 0 aromatic heterocycles. The van der Waals surface area contributed by atoms with E-state index in [1.165, 1.54) is 12.8 Å². The van der Waals surface area contributed by atoms with Crippen LogP contribution in [0.2, 0.25) is 0 Å².